The van der Waals surface area contributed by atoms with Gasteiger partial charge in [-0.25, -0.2) is 4.79 Å². The summed E-state index contributed by atoms with van der Waals surface area (Å²) in [6.07, 6.45) is 2.52. The van der Waals surface area contributed by atoms with Crippen molar-refractivity contribution >= 4 is 17.6 Å². The Balaban J connectivity index is 1.52. The SMILES string of the molecule is O=C(O[C@@H](C(=O)NC1CC1)c1ccccc1)c1ccccc1NCc1ccco1. The molecule has 0 aliphatic heterocycles. The maximum absolute atomic E-state index is 13.0. The molecule has 2 N–H and O–H groups in total. The Morgan fingerprint density at radius 3 is 2.48 bits per heavy atom. The molecule has 1 aliphatic rings. The van der Waals surface area contributed by atoms with Crippen molar-refractivity contribution in [3.05, 3.63) is 89.9 Å². The fraction of sp³-hybridized carbons (Fsp3) is 0.217. The van der Waals surface area contributed by atoms with Gasteiger partial charge in [0.1, 0.15) is 5.76 Å². The van der Waals surface area contributed by atoms with Gasteiger partial charge in [0, 0.05) is 17.3 Å². The van der Waals surface area contributed by atoms with E-state index in [2.05, 4.69) is 10.6 Å². The summed E-state index contributed by atoms with van der Waals surface area (Å²) >= 11 is 0. The van der Waals surface area contributed by atoms with Crippen LogP contribution in [0.2, 0.25) is 0 Å². The van der Waals surface area contributed by atoms with Crippen LogP contribution in [-0.4, -0.2) is 17.9 Å². The molecule has 1 saturated carbocycles. The number of hydrogen-bond donors (Lipinski definition) is 2. The zero-order chi connectivity index (χ0) is 20.1. The van der Waals surface area contributed by atoms with Gasteiger partial charge in [0.2, 0.25) is 6.10 Å². The first kappa shape index (κ1) is 18.8. The van der Waals surface area contributed by atoms with E-state index >= 15 is 0 Å². The fourth-order valence-corrected chi connectivity index (χ4v) is 2.99. The third-order valence-corrected chi connectivity index (χ3v) is 4.67. The first-order valence-electron chi connectivity index (χ1n) is 9.62. The molecule has 1 heterocycles. The predicted molar refractivity (Wildman–Crippen MR) is 108 cm³/mol. The van der Waals surface area contributed by atoms with E-state index in [0.717, 1.165) is 18.6 Å². The molecular formula is C23H22N2O4. The number of nitrogens with one attached hydrogen (secondary N) is 2. The summed E-state index contributed by atoms with van der Waals surface area (Å²) in [5.74, 6) is -0.112. The van der Waals surface area contributed by atoms with Gasteiger partial charge in [0.05, 0.1) is 18.4 Å². The Labute approximate surface area is 168 Å². The molecular weight excluding hydrogens is 368 g/mol. The summed E-state index contributed by atoms with van der Waals surface area (Å²) in [7, 11) is 0. The summed E-state index contributed by atoms with van der Waals surface area (Å²) in [4.78, 5) is 25.7. The van der Waals surface area contributed by atoms with E-state index in [1.165, 1.54) is 0 Å². The third-order valence-electron chi connectivity index (χ3n) is 4.67. The molecule has 148 valence electrons. The number of anilines is 1. The van der Waals surface area contributed by atoms with Crippen molar-refractivity contribution in [2.24, 2.45) is 0 Å². The minimum absolute atomic E-state index is 0.176. The monoisotopic (exact) mass is 390 g/mol. The predicted octanol–water partition coefficient (Wildman–Crippen LogP) is 4.07. The smallest absolute Gasteiger partial charge is 0.341 e. The van der Waals surface area contributed by atoms with Crippen molar-refractivity contribution in [3.63, 3.8) is 0 Å². The molecule has 0 unspecified atom stereocenters. The van der Waals surface area contributed by atoms with Gasteiger partial charge in [-0.3, -0.25) is 4.79 Å². The lowest BCUT2D eigenvalue weighted by atomic mass is 10.1. The Kier molecular flexibility index (Phi) is 5.61. The average Bonchev–Trinajstić information content (AvgIpc) is 3.41. The lowest BCUT2D eigenvalue weighted by Crippen LogP contribution is -2.33. The van der Waals surface area contributed by atoms with Gasteiger partial charge in [-0.1, -0.05) is 42.5 Å². The molecule has 4 rings (SSSR count). The number of ether oxygens (including phenoxy) is 1. The highest BCUT2D eigenvalue weighted by Crippen LogP contribution is 2.25. The van der Waals surface area contributed by atoms with Crippen LogP contribution in [0.25, 0.3) is 0 Å². The normalized spacial score (nSPS) is 14.1. The highest BCUT2D eigenvalue weighted by molar-refractivity contribution is 5.97. The van der Waals surface area contributed by atoms with Crippen molar-refractivity contribution in [3.8, 4) is 0 Å². The molecule has 3 aromatic rings. The second-order valence-electron chi connectivity index (χ2n) is 6.96. The van der Waals surface area contributed by atoms with Crippen molar-refractivity contribution in [1.82, 2.24) is 5.32 Å². The number of para-hydroxylation sites is 1. The number of hydrogen-bond acceptors (Lipinski definition) is 5. The van der Waals surface area contributed by atoms with Crippen molar-refractivity contribution in [2.75, 3.05) is 5.32 Å². The maximum atomic E-state index is 13.0. The molecule has 0 radical (unpaired) electrons. The van der Waals surface area contributed by atoms with E-state index < -0.39 is 12.1 Å². The van der Waals surface area contributed by atoms with Crippen molar-refractivity contribution in [2.45, 2.75) is 31.5 Å². The van der Waals surface area contributed by atoms with Crippen LogP contribution in [0.15, 0.2) is 77.4 Å². The van der Waals surface area contributed by atoms with Crippen LogP contribution in [0.5, 0.6) is 0 Å². The number of esters is 1. The standard InChI is InChI=1S/C23H22N2O4/c26-22(25-17-12-13-17)21(16-7-2-1-3-8-16)29-23(27)19-10-4-5-11-20(19)24-15-18-9-6-14-28-18/h1-11,14,17,21,24H,12-13,15H2,(H,25,26)/t21-/m1/s1. The molecule has 2 aromatic carbocycles. The largest absolute Gasteiger partial charge is 0.467 e. The Morgan fingerprint density at radius 1 is 1.00 bits per heavy atom. The van der Waals surface area contributed by atoms with E-state index in [0.29, 0.717) is 23.4 Å². The second-order valence-corrected chi connectivity index (χ2v) is 6.96. The third kappa shape index (κ3) is 4.85. The van der Waals surface area contributed by atoms with Gasteiger partial charge in [0.25, 0.3) is 5.91 Å². The zero-order valence-electron chi connectivity index (χ0n) is 15.8. The van der Waals surface area contributed by atoms with Crippen LogP contribution in [0.4, 0.5) is 5.69 Å². The first-order valence-corrected chi connectivity index (χ1v) is 9.62. The highest BCUT2D eigenvalue weighted by atomic mass is 16.5. The van der Waals surface area contributed by atoms with Crippen LogP contribution in [0.1, 0.15) is 40.6 Å². The Morgan fingerprint density at radius 2 is 1.76 bits per heavy atom. The van der Waals surface area contributed by atoms with Crippen LogP contribution >= 0.6 is 0 Å². The minimum atomic E-state index is -0.998. The second kappa shape index (κ2) is 8.65. The molecule has 1 atom stereocenters. The summed E-state index contributed by atoms with van der Waals surface area (Å²) in [5.41, 5.74) is 1.61. The molecule has 6 heteroatoms. The summed E-state index contributed by atoms with van der Waals surface area (Å²) in [5, 5.41) is 6.11. The van der Waals surface area contributed by atoms with E-state index in [9.17, 15) is 9.59 Å². The van der Waals surface area contributed by atoms with Crippen LogP contribution < -0.4 is 10.6 Å². The van der Waals surface area contributed by atoms with Gasteiger partial charge in [-0.15, -0.1) is 0 Å². The van der Waals surface area contributed by atoms with Crippen LogP contribution in [0, 0.1) is 0 Å². The molecule has 29 heavy (non-hydrogen) atoms. The van der Waals surface area contributed by atoms with Crippen LogP contribution in [0.3, 0.4) is 0 Å². The molecule has 0 spiro atoms. The van der Waals surface area contributed by atoms with E-state index in [1.54, 1.807) is 42.7 Å². The number of benzene rings is 2. The van der Waals surface area contributed by atoms with Crippen molar-refractivity contribution < 1.29 is 18.7 Å². The highest BCUT2D eigenvalue weighted by Gasteiger charge is 2.31. The molecule has 0 saturated heterocycles. The van der Waals surface area contributed by atoms with Gasteiger partial charge >= 0.3 is 5.97 Å². The molecule has 6 nitrogen and oxygen atoms in total. The average molecular weight is 390 g/mol. The quantitative estimate of drug-likeness (QED) is 0.567. The van der Waals surface area contributed by atoms with Gasteiger partial charge < -0.3 is 19.8 Å². The van der Waals surface area contributed by atoms with Gasteiger partial charge in [-0.05, 0) is 37.1 Å². The molecule has 1 aliphatic carbocycles. The number of amides is 1. The zero-order valence-corrected chi connectivity index (χ0v) is 15.8. The fourth-order valence-electron chi connectivity index (χ4n) is 2.99. The van der Waals surface area contributed by atoms with E-state index in [-0.39, 0.29) is 11.9 Å². The summed E-state index contributed by atoms with van der Waals surface area (Å²) in [6.45, 7) is 0.432. The number of furan rings is 1. The van der Waals surface area contributed by atoms with Gasteiger partial charge in [0.15, 0.2) is 0 Å². The first-order chi connectivity index (χ1) is 14.2. The number of carbonyl (C=O) groups is 2. The summed E-state index contributed by atoms with van der Waals surface area (Å²) < 4.78 is 11.0. The Hall–Kier alpha value is -3.54. The molecule has 1 amide bonds. The Bertz CT molecular complexity index is 966. The lowest BCUT2D eigenvalue weighted by molar-refractivity contribution is -0.130. The lowest BCUT2D eigenvalue weighted by Gasteiger charge is -2.19. The number of carbonyl (C=O) groups excluding carboxylic acids is 2. The van der Waals surface area contributed by atoms with E-state index in [1.807, 2.05) is 30.3 Å². The summed E-state index contributed by atoms with van der Waals surface area (Å²) in [6, 6.07) is 19.9. The number of rotatable bonds is 8. The van der Waals surface area contributed by atoms with Crippen molar-refractivity contribution in [1.29, 1.82) is 0 Å². The maximum Gasteiger partial charge on any atom is 0.341 e. The topological polar surface area (TPSA) is 80.6 Å². The molecule has 1 aromatic heterocycles. The minimum Gasteiger partial charge on any atom is -0.467 e. The van der Waals surface area contributed by atoms with E-state index in [4.69, 9.17) is 9.15 Å². The molecule has 1 fully saturated rings. The van der Waals surface area contributed by atoms with Crippen LogP contribution in [-0.2, 0) is 16.1 Å². The van der Waals surface area contributed by atoms with Gasteiger partial charge in [-0.2, -0.15) is 0 Å². The molecule has 0 bridgehead atoms.